The van der Waals surface area contributed by atoms with Crippen LogP contribution in [0.3, 0.4) is 0 Å². The number of hydrogen-bond donors (Lipinski definition) is 4. The van der Waals surface area contributed by atoms with E-state index in [-0.39, 0.29) is 52.2 Å². The summed E-state index contributed by atoms with van der Waals surface area (Å²) in [6, 6.07) is 19.0. The average molecular weight is 707 g/mol. The van der Waals surface area contributed by atoms with Crippen molar-refractivity contribution in [3.63, 3.8) is 0 Å². The fourth-order valence-corrected chi connectivity index (χ4v) is 5.02. The lowest BCUT2D eigenvalue weighted by Crippen LogP contribution is -2.16. The van der Waals surface area contributed by atoms with Gasteiger partial charge < -0.3 is 29.9 Å². The highest BCUT2D eigenvalue weighted by atomic mass is 16.5. The minimum atomic E-state index is -0.204. The van der Waals surface area contributed by atoms with E-state index in [2.05, 4.69) is 27.4 Å². The number of carbonyl (C=O) groups excluding carboxylic acids is 2. The summed E-state index contributed by atoms with van der Waals surface area (Å²) in [5.41, 5.74) is 3.74. The summed E-state index contributed by atoms with van der Waals surface area (Å²) in [7, 11) is 0. The zero-order valence-corrected chi connectivity index (χ0v) is 31.0. The Bertz CT molecular complexity index is 1900. The molecule has 0 fully saturated rings. The Morgan fingerprint density at radius 3 is 1.52 bits per heavy atom. The van der Waals surface area contributed by atoms with Gasteiger partial charge >= 0.3 is 0 Å². The van der Waals surface area contributed by atoms with Crippen LogP contribution in [0.5, 0.6) is 34.5 Å². The van der Waals surface area contributed by atoms with E-state index in [0.29, 0.717) is 40.2 Å². The van der Waals surface area contributed by atoms with E-state index in [1.807, 2.05) is 33.8 Å². The van der Waals surface area contributed by atoms with Gasteiger partial charge in [0, 0.05) is 39.9 Å². The van der Waals surface area contributed by atoms with E-state index in [1.165, 1.54) is 36.4 Å². The highest BCUT2D eigenvalue weighted by Crippen LogP contribution is 2.39. The summed E-state index contributed by atoms with van der Waals surface area (Å²) in [6.45, 7) is 17.5. The number of phenols is 4. The lowest BCUT2D eigenvalue weighted by atomic mass is 9.81. The highest BCUT2D eigenvalue weighted by Gasteiger charge is 2.24. The van der Waals surface area contributed by atoms with Crippen LogP contribution in [-0.2, 0) is 11.8 Å². The number of allylic oxidation sites excluding steroid dienone is 3. The van der Waals surface area contributed by atoms with Gasteiger partial charge in [0.05, 0.1) is 12.2 Å². The molecule has 0 heterocycles. The van der Waals surface area contributed by atoms with Gasteiger partial charge in [0.25, 0.3) is 0 Å². The first kappa shape index (κ1) is 40.7. The van der Waals surface area contributed by atoms with Crippen molar-refractivity contribution in [3.05, 3.63) is 131 Å². The minimum absolute atomic E-state index is 0.0608. The molecule has 4 rings (SSSR count). The minimum Gasteiger partial charge on any atom is -0.508 e. The van der Waals surface area contributed by atoms with Crippen LogP contribution in [-0.4, -0.2) is 44.2 Å². The van der Waals surface area contributed by atoms with Crippen LogP contribution in [0.4, 0.5) is 0 Å². The molecule has 274 valence electrons. The second-order valence-electron chi connectivity index (χ2n) is 13.5. The largest absolute Gasteiger partial charge is 0.508 e. The fraction of sp³-hybridized carbons (Fsp3) is 0.273. The summed E-state index contributed by atoms with van der Waals surface area (Å²) in [5.74, 6) is 1.25. The number of phenolic OH excluding ortho intramolecular Hbond substituents is 4. The van der Waals surface area contributed by atoms with Crippen LogP contribution in [0, 0.1) is 0 Å². The summed E-state index contributed by atoms with van der Waals surface area (Å²) in [6.07, 6.45) is 9.26. The summed E-state index contributed by atoms with van der Waals surface area (Å²) < 4.78 is 11.6. The molecule has 0 radical (unpaired) electrons. The molecular weight excluding hydrogens is 656 g/mol. The van der Waals surface area contributed by atoms with Crippen molar-refractivity contribution < 1.29 is 39.5 Å². The molecule has 52 heavy (non-hydrogen) atoms. The van der Waals surface area contributed by atoms with Gasteiger partial charge in [-0.1, -0.05) is 26.8 Å². The molecule has 0 aliphatic heterocycles. The molecule has 0 bridgehead atoms. The van der Waals surface area contributed by atoms with Crippen LogP contribution in [0.2, 0.25) is 0 Å². The van der Waals surface area contributed by atoms with Crippen molar-refractivity contribution in [1.29, 1.82) is 0 Å². The van der Waals surface area contributed by atoms with Gasteiger partial charge in [-0.05, 0) is 136 Å². The molecule has 0 saturated carbocycles. The molecular formula is C44H50O8. The van der Waals surface area contributed by atoms with Gasteiger partial charge in [-0.3, -0.25) is 9.59 Å². The van der Waals surface area contributed by atoms with Crippen LogP contribution in [0.25, 0.3) is 12.2 Å². The standard InChI is InChI=1S/C23H28O4.C21H22O4/c1-6-23(4,5)19-13-17(22(14-21(19)26)27-15(2)3)9-12-20(25)16-7-10-18(24)11-8-16;1-4-5-16-12-17(21(13-20(16)24)25-14(2)3)8-11-19(23)15-6-9-18(22)10-7-15/h7-15,24,26H,6H2,1-5H3;4,6-14,22,24H,1,5H2,2-3H3/b12-9+;11-8+. The first-order chi connectivity index (χ1) is 24.5. The van der Waals surface area contributed by atoms with Crippen LogP contribution in [0.1, 0.15) is 97.9 Å². The number of aromatic hydroxyl groups is 4. The van der Waals surface area contributed by atoms with Gasteiger partial charge in [-0.2, -0.15) is 0 Å². The summed E-state index contributed by atoms with van der Waals surface area (Å²) in [5, 5.41) is 39.2. The molecule has 0 unspecified atom stereocenters. The highest BCUT2D eigenvalue weighted by molar-refractivity contribution is 6.07. The molecule has 0 spiro atoms. The maximum atomic E-state index is 12.4. The quantitative estimate of drug-likeness (QED) is 0.0579. The molecule has 0 amide bonds. The second kappa shape index (κ2) is 18.5. The van der Waals surface area contributed by atoms with Gasteiger partial charge in [0.1, 0.15) is 34.5 Å². The van der Waals surface area contributed by atoms with Crippen molar-refractivity contribution in [2.24, 2.45) is 0 Å². The molecule has 4 aromatic carbocycles. The molecule has 4 aromatic rings. The van der Waals surface area contributed by atoms with Gasteiger partial charge in [-0.15, -0.1) is 6.58 Å². The Kier molecular flexibility index (Phi) is 14.4. The van der Waals surface area contributed by atoms with Crippen molar-refractivity contribution in [3.8, 4) is 34.5 Å². The second-order valence-corrected chi connectivity index (χ2v) is 13.5. The van der Waals surface area contributed by atoms with Gasteiger partial charge in [0.2, 0.25) is 0 Å². The molecule has 8 nitrogen and oxygen atoms in total. The SMILES string of the molecule is C=CCc1cc(/C=C/C(=O)c2ccc(O)cc2)c(OC(C)C)cc1O.CCC(C)(C)c1cc(/C=C/C(=O)c2ccc(O)cc2)c(OC(C)C)cc1O. The van der Waals surface area contributed by atoms with Crippen molar-refractivity contribution in [1.82, 2.24) is 0 Å². The first-order valence-corrected chi connectivity index (χ1v) is 17.2. The molecule has 0 aromatic heterocycles. The molecule has 4 N–H and O–H groups in total. The van der Waals surface area contributed by atoms with Gasteiger partial charge in [0.15, 0.2) is 11.6 Å². The number of rotatable bonds is 14. The molecule has 0 aliphatic carbocycles. The monoisotopic (exact) mass is 706 g/mol. The third-order valence-electron chi connectivity index (χ3n) is 8.17. The Balaban J connectivity index is 0.000000281. The van der Waals surface area contributed by atoms with Crippen molar-refractivity contribution in [2.45, 2.75) is 78.9 Å². The molecule has 0 atom stereocenters. The van der Waals surface area contributed by atoms with E-state index < -0.39 is 0 Å². The third kappa shape index (κ3) is 11.7. The topological polar surface area (TPSA) is 134 Å². The summed E-state index contributed by atoms with van der Waals surface area (Å²) in [4.78, 5) is 24.7. The predicted molar refractivity (Wildman–Crippen MR) is 208 cm³/mol. The summed E-state index contributed by atoms with van der Waals surface area (Å²) >= 11 is 0. The Morgan fingerprint density at radius 2 is 1.12 bits per heavy atom. The van der Waals surface area contributed by atoms with E-state index in [4.69, 9.17) is 9.47 Å². The van der Waals surface area contributed by atoms with Crippen molar-refractivity contribution in [2.75, 3.05) is 0 Å². The zero-order valence-electron chi connectivity index (χ0n) is 31.0. The zero-order chi connectivity index (χ0) is 38.6. The van der Waals surface area contributed by atoms with Crippen molar-refractivity contribution >= 4 is 23.7 Å². The normalized spacial score (nSPS) is 11.5. The number of ketones is 2. The van der Waals surface area contributed by atoms with Crippen LogP contribution in [0.15, 0.2) is 97.6 Å². The molecule has 0 saturated heterocycles. The number of ether oxygens (including phenoxy) is 2. The number of hydrogen-bond acceptors (Lipinski definition) is 8. The smallest absolute Gasteiger partial charge is 0.185 e. The predicted octanol–water partition coefficient (Wildman–Crippen LogP) is 9.98. The molecule has 0 aliphatic rings. The van der Waals surface area contributed by atoms with E-state index in [1.54, 1.807) is 60.7 Å². The maximum absolute atomic E-state index is 12.4. The maximum Gasteiger partial charge on any atom is 0.185 e. The van der Waals surface area contributed by atoms with E-state index in [9.17, 15) is 30.0 Å². The number of carbonyl (C=O) groups is 2. The average Bonchev–Trinajstić information content (AvgIpc) is 3.08. The van der Waals surface area contributed by atoms with Crippen LogP contribution < -0.4 is 9.47 Å². The first-order valence-electron chi connectivity index (χ1n) is 17.2. The Labute approximate surface area is 307 Å². The number of benzene rings is 4. The van der Waals surface area contributed by atoms with Crippen LogP contribution >= 0.6 is 0 Å². The Morgan fingerprint density at radius 1 is 0.692 bits per heavy atom. The molecule has 8 heteroatoms. The van der Waals surface area contributed by atoms with Gasteiger partial charge in [-0.25, -0.2) is 0 Å². The fourth-order valence-electron chi connectivity index (χ4n) is 5.02. The lowest BCUT2D eigenvalue weighted by molar-refractivity contribution is 0.103. The van der Waals surface area contributed by atoms with E-state index >= 15 is 0 Å². The third-order valence-corrected chi connectivity index (χ3v) is 8.17. The lowest BCUT2D eigenvalue weighted by Gasteiger charge is -2.26. The Hall–Kier alpha value is -5.76. The van der Waals surface area contributed by atoms with E-state index in [0.717, 1.165) is 17.5 Å².